The van der Waals surface area contributed by atoms with Crippen molar-refractivity contribution in [3.05, 3.63) is 81.3 Å². The van der Waals surface area contributed by atoms with E-state index in [-0.39, 0.29) is 5.91 Å². The number of methoxy groups -OCH3 is 1. The van der Waals surface area contributed by atoms with Gasteiger partial charge in [-0.2, -0.15) is 0 Å². The monoisotopic (exact) mass is 466 g/mol. The van der Waals surface area contributed by atoms with Gasteiger partial charge < -0.3 is 14.5 Å². The summed E-state index contributed by atoms with van der Waals surface area (Å²) >= 11 is 12.2. The van der Waals surface area contributed by atoms with Crippen molar-refractivity contribution in [2.75, 3.05) is 12.4 Å². The van der Waals surface area contributed by atoms with Gasteiger partial charge in [-0.1, -0.05) is 40.9 Å². The number of hydrogen-bond acceptors (Lipinski definition) is 4. The number of ether oxygens (including phenoxy) is 1. The number of oxazole rings is 1. The molecule has 0 bridgehead atoms. The molecule has 5 nitrogen and oxygen atoms in total. The highest BCUT2D eigenvalue weighted by molar-refractivity contribution is 6.36. The number of anilines is 1. The lowest BCUT2D eigenvalue weighted by atomic mass is 10.1. The van der Waals surface area contributed by atoms with Crippen LogP contribution in [-0.4, -0.2) is 18.0 Å². The summed E-state index contributed by atoms with van der Waals surface area (Å²) in [6, 6.07) is 14.7. The molecule has 1 N–H and O–H groups in total. The Morgan fingerprint density at radius 3 is 2.66 bits per heavy atom. The van der Waals surface area contributed by atoms with Crippen LogP contribution in [0.5, 0.6) is 5.75 Å². The first-order valence-corrected chi connectivity index (χ1v) is 10.6. The molecule has 0 saturated heterocycles. The van der Waals surface area contributed by atoms with Crippen molar-refractivity contribution >= 4 is 52.0 Å². The molecule has 0 aliphatic carbocycles. The summed E-state index contributed by atoms with van der Waals surface area (Å²) < 4.78 is 11.2. The van der Waals surface area contributed by atoms with Crippen LogP contribution in [0.1, 0.15) is 16.7 Å². The Bertz CT molecular complexity index is 1360. The largest absolute Gasteiger partial charge is 0.495 e. The molecule has 3 aromatic carbocycles. The van der Waals surface area contributed by atoms with Gasteiger partial charge >= 0.3 is 0 Å². The number of aromatic nitrogens is 1. The van der Waals surface area contributed by atoms with E-state index in [1.54, 1.807) is 36.4 Å². The Hall–Kier alpha value is -3.28. The lowest BCUT2D eigenvalue weighted by Gasteiger charge is -2.08. The van der Waals surface area contributed by atoms with Crippen LogP contribution < -0.4 is 10.1 Å². The summed E-state index contributed by atoms with van der Waals surface area (Å²) in [4.78, 5) is 17.0. The molecule has 1 heterocycles. The molecule has 4 rings (SSSR count). The van der Waals surface area contributed by atoms with Crippen LogP contribution in [0.15, 0.2) is 59.0 Å². The van der Waals surface area contributed by atoms with Crippen molar-refractivity contribution in [1.82, 2.24) is 4.98 Å². The van der Waals surface area contributed by atoms with Gasteiger partial charge in [0.25, 0.3) is 0 Å². The van der Waals surface area contributed by atoms with E-state index in [1.165, 1.54) is 18.7 Å². The maximum absolute atomic E-state index is 12.4. The molecular weight excluding hydrogens is 447 g/mol. The first kappa shape index (κ1) is 21.9. The molecule has 0 spiro atoms. The van der Waals surface area contributed by atoms with Crippen LogP contribution >= 0.6 is 23.2 Å². The van der Waals surface area contributed by atoms with Crippen LogP contribution in [-0.2, 0) is 4.79 Å². The topological polar surface area (TPSA) is 64.4 Å². The molecule has 0 unspecified atom stereocenters. The number of carbonyl (C=O) groups is 1. The van der Waals surface area contributed by atoms with Crippen LogP contribution in [0, 0.1) is 13.8 Å². The standard InChI is InChI=1S/C25H20Cl2N2O3/c1-14-4-7-19(15(2)10-14)25-29-21-13-18(6-8-22(21)32-25)28-23(30)9-5-16-11-17(26)12-20(27)24(16)31-3/h4-13H,1-3H3,(H,28,30)/b9-5+. The van der Waals surface area contributed by atoms with Gasteiger partial charge in [-0.15, -0.1) is 0 Å². The van der Waals surface area contributed by atoms with Crippen LogP contribution in [0.2, 0.25) is 10.0 Å². The van der Waals surface area contributed by atoms with Gasteiger partial charge in [0.2, 0.25) is 11.8 Å². The van der Waals surface area contributed by atoms with Crippen LogP contribution in [0.4, 0.5) is 5.69 Å². The number of benzene rings is 3. The summed E-state index contributed by atoms with van der Waals surface area (Å²) in [7, 11) is 1.51. The molecule has 1 aromatic heterocycles. The Kier molecular flexibility index (Phi) is 6.21. The zero-order valence-corrected chi connectivity index (χ0v) is 19.2. The minimum absolute atomic E-state index is 0.319. The van der Waals surface area contributed by atoms with Crippen LogP contribution in [0.3, 0.4) is 0 Å². The number of halogens is 2. The Labute approximate surface area is 195 Å². The van der Waals surface area contributed by atoms with Gasteiger partial charge in [0, 0.05) is 27.9 Å². The van der Waals surface area contributed by atoms with Crippen molar-refractivity contribution in [3.63, 3.8) is 0 Å². The van der Waals surface area contributed by atoms with Gasteiger partial charge in [-0.25, -0.2) is 4.98 Å². The number of amides is 1. The van der Waals surface area contributed by atoms with Gasteiger partial charge in [-0.05, 0) is 61.9 Å². The predicted octanol–water partition coefficient (Wildman–Crippen LogP) is 7.08. The van der Waals surface area contributed by atoms with E-state index in [9.17, 15) is 4.79 Å². The number of nitrogens with one attached hydrogen (secondary N) is 1. The third-order valence-corrected chi connectivity index (χ3v) is 5.42. The first-order chi connectivity index (χ1) is 15.3. The number of nitrogens with zero attached hydrogens (tertiary/aromatic N) is 1. The molecule has 0 aliphatic rings. The molecule has 0 atom stereocenters. The van der Waals surface area contributed by atoms with Crippen LogP contribution in [0.25, 0.3) is 28.6 Å². The number of hydrogen-bond donors (Lipinski definition) is 1. The lowest BCUT2D eigenvalue weighted by molar-refractivity contribution is -0.111. The highest BCUT2D eigenvalue weighted by Gasteiger charge is 2.12. The molecule has 4 aromatic rings. The van der Waals surface area contributed by atoms with Crippen molar-refractivity contribution in [3.8, 4) is 17.2 Å². The normalized spacial score (nSPS) is 11.3. The number of rotatable bonds is 5. The van der Waals surface area contributed by atoms with Crippen molar-refractivity contribution in [2.45, 2.75) is 13.8 Å². The average Bonchev–Trinajstić information content (AvgIpc) is 3.15. The number of carbonyl (C=O) groups excluding carboxylic acids is 1. The van der Waals surface area contributed by atoms with E-state index in [2.05, 4.69) is 16.4 Å². The molecule has 7 heteroatoms. The van der Waals surface area contributed by atoms with Gasteiger partial charge in [0.1, 0.15) is 11.3 Å². The fourth-order valence-corrected chi connectivity index (χ4v) is 4.03. The van der Waals surface area contributed by atoms with E-state index in [4.69, 9.17) is 32.4 Å². The maximum Gasteiger partial charge on any atom is 0.248 e. The van der Waals surface area contributed by atoms with Gasteiger partial charge in [-0.3, -0.25) is 4.79 Å². The second-order valence-corrected chi connectivity index (χ2v) is 8.20. The lowest BCUT2D eigenvalue weighted by Crippen LogP contribution is -2.07. The minimum atomic E-state index is -0.319. The third-order valence-electron chi connectivity index (χ3n) is 4.92. The molecule has 0 radical (unpaired) electrons. The quantitative estimate of drug-likeness (QED) is 0.319. The summed E-state index contributed by atoms with van der Waals surface area (Å²) in [6.07, 6.45) is 2.98. The smallest absolute Gasteiger partial charge is 0.248 e. The second kappa shape index (κ2) is 9.07. The summed E-state index contributed by atoms with van der Waals surface area (Å²) in [5.74, 6) is 0.675. The predicted molar refractivity (Wildman–Crippen MR) is 130 cm³/mol. The summed E-state index contributed by atoms with van der Waals surface area (Å²) in [6.45, 7) is 4.07. The van der Waals surface area contributed by atoms with Gasteiger partial charge in [0.05, 0.1) is 12.1 Å². The molecule has 0 saturated carbocycles. The Morgan fingerprint density at radius 2 is 1.91 bits per heavy atom. The molecule has 32 heavy (non-hydrogen) atoms. The molecular formula is C25H20Cl2N2O3. The second-order valence-electron chi connectivity index (χ2n) is 7.35. The van der Waals surface area contributed by atoms with Crippen molar-refractivity contribution < 1.29 is 13.9 Å². The molecule has 1 amide bonds. The number of fused-ring (bicyclic) bond motifs is 1. The van der Waals surface area contributed by atoms with E-state index in [0.29, 0.717) is 44.0 Å². The summed E-state index contributed by atoms with van der Waals surface area (Å²) in [5, 5.41) is 3.65. The van der Waals surface area contributed by atoms with E-state index >= 15 is 0 Å². The van der Waals surface area contributed by atoms with E-state index in [1.807, 2.05) is 26.0 Å². The fourth-order valence-electron chi connectivity index (χ4n) is 3.44. The SMILES string of the molecule is COc1c(Cl)cc(Cl)cc1/C=C/C(=O)Nc1ccc2oc(-c3ccc(C)cc3C)nc2c1. The van der Waals surface area contributed by atoms with E-state index in [0.717, 1.165) is 11.1 Å². The van der Waals surface area contributed by atoms with Crippen molar-refractivity contribution in [2.24, 2.45) is 0 Å². The third kappa shape index (κ3) is 4.64. The first-order valence-electron chi connectivity index (χ1n) is 9.84. The highest BCUT2D eigenvalue weighted by atomic mass is 35.5. The zero-order chi connectivity index (χ0) is 22.8. The summed E-state index contributed by atoms with van der Waals surface area (Å²) in [5.41, 5.74) is 5.71. The molecule has 0 aliphatic heterocycles. The maximum atomic E-state index is 12.4. The highest BCUT2D eigenvalue weighted by Crippen LogP contribution is 2.33. The Morgan fingerprint density at radius 1 is 1.09 bits per heavy atom. The number of aryl methyl sites for hydroxylation is 2. The molecule has 162 valence electrons. The molecule has 0 fully saturated rings. The Balaban J connectivity index is 1.55. The van der Waals surface area contributed by atoms with Gasteiger partial charge in [0.15, 0.2) is 5.58 Å². The van der Waals surface area contributed by atoms with E-state index < -0.39 is 0 Å². The fraction of sp³-hybridized carbons (Fsp3) is 0.120. The minimum Gasteiger partial charge on any atom is -0.495 e. The van der Waals surface area contributed by atoms with Crippen molar-refractivity contribution in [1.29, 1.82) is 0 Å². The zero-order valence-electron chi connectivity index (χ0n) is 17.7. The average molecular weight is 467 g/mol.